The van der Waals surface area contributed by atoms with Crippen LogP contribution in [0.15, 0.2) is 0 Å². The summed E-state index contributed by atoms with van der Waals surface area (Å²) in [5, 5.41) is 10.2. The van der Waals surface area contributed by atoms with Crippen molar-refractivity contribution in [2.24, 2.45) is 0 Å². The van der Waals surface area contributed by atoms with Crippen LogP contribution >= 0.6 is 0 Å². The van der Waals surface area contributed by atoms with E-state index >= 15 is 0 Å². The first-order chi connectivity index (χ1) is 13.7. The molecule has 1 heterocycles. The molecule has 1 aliphatic heterocycles. The minimum Gasteiger partial charge on any atom is -0.390 e. The molecule has 0 aromatic rings. The highest BCUT2D eigenvalue weighted by Gasteiger charge is 2.35. The van der Waals surface area contributed by atoms with E-state index in [1.165, 1.54) is 57.8 Å². The van der Waals surface area contributed by atoms with Crippen molar-refractivity contribution in [1.29, 1.82) is 0 Å². The molecule has 0 spiro atoms. The summed E-state index contributed by atoms with van der Waals surface area (Å²) in [5.74, 6) is 2.59. The Bertz CT molecular complexity index is 393. The lowest BCUT2D eigenvalue weighted by molar-refractivity contribution is -0.138. The Kier molecular flexibility index (Phi) is 15.7. The molecule has 0 saturated carbocycles. The van der Waals surface area contributed by atoms with E-state index in [4.69, 9.17) is 20.6 Å². The van der Waals surface area contributed by atoms with Gasteiger partial charge in [0.05, 0.1) is 24.4 Å². The minimum absolute atomic E-state index is 0.0545. The van der Waals surface area contributed by atoms with Gasteiger partial charge in [0.25, 0.3) is 0 Å². The normalized spacial score (nSPS) is 21.5. The first kappa shape index (κ1) is 25.4. The van der Waals surface area contributed by atoms with Crippen molar-refractivity contribution in [3.05, 3.63) is 0 Å². The van der Waals surface area contributed by atoms with Crippen LogP contribution in [0.5, 0.6) is 0 Å². The molecule has 1 N–H and O–H groups in total. The standard InChI is InChI=1S/C24H44O4/c1-4-6-8-9-10-11-12-13-14-15-17-23(27-20-26-3)24-19-18-22(28-24)21(25)16-7-5-2/h2,21-25H,4,6-20H2,1,3H3/t21-,22-,23-,24-/m1/s1. The summed E-state index contributed by atoms with van der Waals surface area (Å²) in [6.07, 6.45) is 22.2. The molecule has 1 fully saturated rings. The predicted molar refractivity (Wildman–Crippen MR) is 115 cm³/mol. The molecule has 0 aliphatic carbocycles. The molecule has 0 aromatic heterocycles. The van der Waals surface area contributed by atoms with Gasteiger partial charge >= 0.3 is 0 Å². The fourth-order valence-corrected chi connectivity index (χ4v) is 4.03. The quantitative estimate of drug-likeness (QED) is 0.186. The first-order valence-corrected chi connectivity index (χ1v) is 11.6. The summed E-state index contributed by atoms with van der Waals surface area (Å²) in [4.78, 5) is 0. The lowest BCUT2D eigenvalue weighted by Crippen LogP contribution is -2.33. The fourth-order valence-electron chi connectivity index (χ4n) is 4.03. The highest BCUT2D eigenvalue weighted by molar-refractivity contribution is 4.88. The summed E-state index contributed by atoms with van der Waals surface area (Å²) in [6, 6.07) is 0. The van der Waals surface area contributed by atoms with Gasteiger partial charge in [-0.25, -0.2) is 0 Å². The highest BCUT2D eigenvalue weighted by Crippen LogP contribution is 2.29. The van der Waals surface area contributed by atoms with E-state index in [0.29, 0.717) is 19.6 Å². The number of hydrogen-bond acceptors (Lipinski definition) is 4. The van der Waals surface area contributed by atoms with Gasteiger partial charge in [0.2, 0.25) is 0 Å². The second-order valence-corrected chi connectivity index (χ2v) is 8.18. The van der Waals surface area contributed by atoms with E-state index in [1.807, 2.05) is 0 Å². The van der Waals surface area contributed by atoms with Crippen molar-refractivity contribution in [1.82, 2.24) is 0 Å². The molecule has 0 unspecified atom stereocenters. The lowest BCUT2D eigenvalue weighted by atomic mass is 10.0. The number of unbranched alkanes of at least 4 members (excludes halogenated alkanes) is 9. The molecule has 1 rings (SSSR count). The van der Waals surface area contributed by atoms with E-state index in [1.54, 1.807) is 7.11 Å². The molecule has 164 valence electrons. The molecular weight excluding hydrogens is 352 g/mol. The van der Waals surface area contributed by atoms with Crippen LogP contribution in [0, 0.1) is 12.3 Å². The van der Waals surface area contributed by atoms with Crippen LogP contribution in [0.4, 0.5) is 0 Å². The summed E-state index contributed by atoms with van der Waals surface area (Å²) in [5.41, 5.74) is 0. The van der Waals surface area contributed by atoms with E-state index in [-0.39, 0.29) is 18.3 Å². The third kappa shape index (κ3) is 11.4. The van der Waals surface area contributed by atoms with E-state index in [0.717, 1.165) is 25.7 Å². The van der Waals surface area contributed by atoms with E-state index in [2.05, 4.69) is 12.8 Å². The van der Waals surface area contributed by atoms with Gasteiger partial charge in [0.1, 0.15) is 6.79 Å². The maximum atomic E-state index is 10.2. The molecule has 0 bridgehead atoms. The molecule has 0 radical (unpaired) electrons. The monoisotopic (exact) mass is 396 g/mol. The van der Waals surface area contributed by atoms with Gasteiger partial charge < -0.3 is 19.3 Å². The van der Waals surface area contributed by atoms with E-state index < -0.39 is 6.10 Å². The van der Waals surface area contributed by atoms with Gasteiger partial charge in [0.15, 0.2) is 0 Å². The number of methoxy groups -OCH3 is 1. The van der Waals surface area contributed by atoms with Crippen LogP contribution in [0.3, 0.4) is 0 Å². The third-order valence-corrected chi connectivity index (χ3v) is 5.76. The highest BCUT2D eigenvalue weighted by atomic mass is 16.7. The van der Waals surface area contributed by atoms with E-state index in [9.17, 15) is 5.11 Å². The lowest BCUT2D eigenvalue weighted by Gasteiger charge is -2.25. The zero-order chi connectivity index (χ0) is 20.5. The van der Waals surface area contributed by atoms with Crippen LogP contribution in [-0.4, -0.2) is 43.4 Å². The Morgan fingerprint density at radius 3 is 2.18 bits per heavy atom. The largest absolute Gasteiger partial charge is 0.390 e. The van der Waals surface area contributed by atoms with Gasteiger partial charge in [-0.2, -0.15) is 0 Å². The first-order valence-electron chi connectivity index (χ1n) is 11.6. The number of hydrogen-bond donors (Lipinski definition) is 1. The van der Waals surface area contributed by atoms with Crippen molar-refractivity contribution < 1.29 is 19.3 Å². The Morgan fingerprint density at radius 1 is 0.964 bits per heavy atom. The molecule has 4 heteroatoms. The number of aliphatic hydroxyl groups excluding tert-OH is 1. The van der Waals surface area contributed by atoms with Crippen molar-refractivity contribution in [2.75, 3.05) is 13.9 Å². The zero-order valence-electron chi connectivity index (χ0n) is 18.4. The van der Waals surface area contributed by atoms with Crippen LogP contribution < -0.4 is 0 Å². The maximum Gasteiger partial charge on any atom is 0.146 e. The average Bonchev–Trinajstić information content (AvgIpc) is 3.20. The Balaban J connectivity index is 2.20. The number of ether oxygens (including phenoxy) is 3. The van der Waals surface area contributed by atoms with Crippen LogP contribution in [-0.2, 0) is 14.2 Å². The molecule has 4 nitrogen and oxygen atoms in total. The second kappa shape index (κ2) is 17.3. The number of terminal acetylenes is 1. The van der Waals surface area contributed by atoms with Crippen molar-refractivity contribution in [3.8, 4) is 12.3 Å². The molecule has 0 aromatic carbocycles. The molecule has 1 aliphatic rings. The maximum absolute atomic E-state index is 10.2. The van der Waals surface area contributed by atoms with Crippen molar-refractivity contribution >= 4 is 0 Å². The van der Waals surface area contributed by atoms with Crippen LogP contribution in [0.25, 0.3) is 0 Å². The van der Waals surface area contributed by atoms with Gasteiger partial charge in [-0.15, -0.1) is 12.3 Å². The average molecular weight is 397 g/mol. The minimum atomic E-state index is -0.471. The van der Waals surface area contributed by atoms with Crippen LogP contribution in [0.2, 0.25) is 0 Å². The van der Waals surface area contributed by atoms with Gasteiger partial charge in [0, 0.05) is 13.5 Å². The summed E-state index contributed by atoms with van der Waals surface area (Å²) in [7, 11) is 1.65. The molecule has 4 atom stereocenters. The number of aliphatic hydroxyl groups is 1. The zero-order valence-corrected chi connectivity index (χ0v) is 18.4. The molecule has 0 amide bonds. The van der Waals surface area contributed by atoms with Gasteiger partial charge in [-0.3, -0.25) is 0 Å². The van der Waals surface area contributed by atoms with Crippen LogP contribution in [0.1, 0.15) is 103 Å². The molecule has 1 saturated heterocycles. The summed E-state index contributed by atoms with van der Waals surface area (Å²) in [6.45, 7) is 2.56. The Hall–Kier alpha value is -0.600. The SMILES string of the molecule is C#CCC[C@@H](O)[C@H]1CC[C@H]([C@@H](CCCCCCCCCCCC)OCOC)O1. The second-order valence-electron chi connectivity index (χ2n) is 8.18. The fraction of sp³-hybridized carbons (Fsp3) is 0.917. The van der Waals surface area contributed by atoms with Gasteiger partial charge in [-0.05, 0) is 25.7 Å². The predicted octanol–water partition coefficient (Wildman–Crippen LogP) is 5.61. The molecule has 28 heavy (non-hydrogen) atoms. The smallest absolute Gasteiger partial charge is 0.146 e. The summed E-state index contributed by atoms with van der Waals surface area (Å²) < 4.78 is 17.1. The third-order valence-electron chi connectivity index (χ3n) is 5.76. The molecular formula is C24H44O4. The number of rotatable bonds is 18. The Labute approximate surface area is 173 Å². The topological polar surface area (TPSA) is 47.9 Å². The van der Waals surface area contributed by atoms with Crippen molar-refractivity contribution in [2.45, 2.75) is 128 Å². The van der Waals surface area contributed by atoms with Gasteiger partial charge in [-0.1, -0.05) is 71.1 Å². The summed E-state index contributed by atoms with van der Waals surface area (Å²) >= 11 is 0. The Morgan fingerprint density at radius 2 is 1.57 bits per heavy atom. The van der Waals surface area contributed by atoms with Crippen molar-refractivity contribution in [3.63, 3.8) is 0 Å².